The smallest absolute Gasteiger partial charge is 0.264 e. The Morgan fingerprint density at radius 3 is 2.59 bits per heavy atom. The maximum Gasteiger partial charge on any atom is 0.264 e. The van der Waals surface area contributed by atoms with Crippen molar-refractivity contribution in [1.82, 2.24) is 4.98 Å². The molecular formula is C23H25BrN2O2S. The first-order valence-corrected chi connectivity index (χ1v) is 11.0. The number of benzene rings is 2. The van der Waals surface area contributed by atoms with Crippen LogP contribution in [0.1, 0.15) is 42.3 Å². The number of aromatic nitrogens is 1. The van der Waals surface area contributed by atoms with E-state index >= 15 is 0 Å². The van der Waals surface area contributed by atoms with E-state index < -0.39 is 0 Å². The van der Waals surface area contributed by atoms with E-state index in [2.05, 4.69) is 72.1 Å². The summed E-state index contributed by atoms with van der Waals surface area (Å²) in [6.45, 7) is 8.42. The Morgan fingerprint density at radius 1 is 1.17 bits per heavy atom. The zero-order valence-electron chi connectivity index (χ0n) is 17.1. The van der Waals surface area contributed by atoms with E-state index in [1.165, 1.54) is 22.5 Å². The highest BCUT2D eigenvalue weighted by atomic mass is 79.9. The van der Waals surface area contributed by atoms with Crippen LogP contribution in [0.2, 0.25) is 0 Å². The van der Waals surface area contributed by atoms with Crippen LogP contribution in [0.4, 0.5) is 5.13 Å². The van der Waals surface area contributed by atoms with Gasteiger partial charge in [-0.1, -0.05) is 66.5 Å². The summed E-state index contributed by atoms with van der Waals surface area (Å²) in [5.41, 5.74) is 3.41. The molecule has 0 saturated heterocycles. The number of nitrogens with zero attached hydrogens (tertiary/aromatic N) is 1. The largest absolute Gasteiger partial charge is 0.483 e. The van der Waals surface area contributed by atoms with Gasteiger partial charge in [0.15, 0.2) is 11.7 Å². The van der Waals surface area contributed by atoms with Gasteiger partial charge in [0.05, 0.1) is 0 Å². The van der Waals surface area contributed by atoms with Crippen molar-refractivity contribution in [1.29, 1.82) is 0 Å². The summed E-state index contributed by atoms with van der Waals surface area (Å²) < 4.78 is 6.88. The molecule has 1 amide bonds. The molecular weight excluding hydrogens is 448 g/mol. The molecule has 1 N–H and O–H groups in total. The summed E-state index contributed by atoms with van der Waals surface area (Å²) in [5, 5.41) is 3.42. The van der Waals surface area contributed by atoms with Gasteiger partial charge >= 0.3 is 0 Å². The van der Waals surface area contributed by atoms with Crippen molar-refractivity contribution in [3.8, 4) is 5.75 Å². The van der Waals surface area contributed by atoms with E-state index in [1.54, 1.807) is 6.20 Å². The van der Waals surface area contributed by atoms with Crippen LogP contribution in [-0.2, 0) is 16.6 Å². The van der Waals surface area contributed by atoms with Gasteiger partial charge < -0.3 is 4.74 Å². The number of thiazole rings is 1. The topological polar surface area (TPSA) is 51.2 Å². The van der Waals surface area contributed by atoms with E-state index in [-0.39, 0.29) is 17.9 Å². The summed E-state index contributed by atoms with van der Waals surface area (Å²) >= 11 is 4.92. The highest BCUT2D eigenvalue weighted by Gasteiger charge is 2.20. The van der Waals surface area contributed by atoms with Gasteiger partial charge in [0.2, 0.25) is 0 Å². The number of hydrogen-bond donors (Lipinski definition) is 1. The number of anilines is 1. The molecule has 0 unspecified atom stereocenters. The highest BCUT2D eigenvalue weighted by Crippen LogP contribution is 2.32. The molecule has 0 aliphatic carbocycles. The lowest BCUT2D eigenvalue weighted by Gasteiger charge is -2.23. The lowest BCUT2D eigenvalue weighted by molar-refractivity contribution is -0.118. The molecule has 0 radical (unpaired) electrons. The van der Waals surface area contributed by atoms with Crippen LogP contribution < -0.4 is 10.1 Å². The Morgan fingerprint density at radius 2 is 1.90 bits per heavy atom. The summed E-state index contributed by atoms with van der Waals surface area (Å²) in [6, 6.07) is 14.2. The maximum atomic E-state index is 12.3. The first-order valence-electron chi connectivity index (χ1n) is 9.43. The second-order valence-corrected chi connectivity index (χ2v) is 10.1. The molecule has 29 heavy (non-hydrogen) atoms. The third-order valence-corrected chi connectivity index (χ3v) is 5.83. The summed E-state index contributed by atoms with van der Waals surface area (Å²) in [4.78, 5) is 17.8. The van der Waals surface area contributed by atoms with Gasteiger partial charge in [-0.25, -0.2) is 4.98 Å². The molecule has 3 rings (SSSR count). The quantitative estimate of drug-likeness (QED) is 0.469. The lowest BCUT2D eigenvalue weighted by atomic mass is 9.85. The first kappa shape index (κ1) is 21.5. The normalized spacial score (nSPS) is 11.3. The van der Waals surface area contributed by atoms with E-state index in [4.69, 9.17) is 4.74 Å². The van der Waals surface area contributed by atoms with Crippen molar-refractivity contribution < 1.29 is 9.53 Å². The monoisotopic (exact) mass is 472 g/mol. The second kappa shape index (κ2) is 9.09. The summed E-state index contributed by atoms with van der Waals surface area (Å²) in [5.74, 6) is 0.531. The molecule has 1 heterocycles. The second-order valence-electron chi connectivity index (χ2n) is 8.02. The van der Waals surface area contributed by atoms with Gasteiger partial charge in [-0.2, -0.15) is 0 Å². The average molecular weight is 473 g/mol. The molecule has 1 aromatic heterocycles. The fraction of sp³-hybridized carbons (Fsp3) is 0.304. The number of halogens is 1. The minimum absolute atomic E-state index is 0.0479. The number of carbonyl (C=O) groups excluding carboxylic acids is 1. The zero-order chi connectivity index (χ0) is 21.0. The van der Waals surface area contributed by atoms with Crippen LogP contribution in [0.15, 0.2) is 53.1 Å². The van der Waals surface area contributed by atoms with Crippen LogP contribution in [-0.4, -0.2) is 17.5 Å². The molecule has 152 valence electrons. The van der Waals surface area contributed by atoms with Crippen molar-refractivity contribution in [2.45, 2.75) is 39.5 Å². The van der Waals surface area contributed by atoms with Crippen LogP contribution >= 0.6 is 27.3 Å². The fourth-order valence-corrected chi connectivity index (χ4v) is 4.03. The number of nitrogens with one attached hydrogen (secondary N) is 1. The molecule has 0 spiro atoms. The molecule has 4 nitrogen and oxygen atoms in total. The molecule has 0 bridgehead atoms. The standard InChI is InChI=1S/C23H25BrN2O2S/c1-15-5-10-20(19(11-15)23(2,3)4)28-14-21(27)26-22-25-13-18(29-22)12-16-6-8-17(24)9-7-16/h5-11,13H,12,14H2,1-4H3,(H,25,26,27). The SMILES string of the molecule is Cc1ccc(OCC(=O)Nc2ncc(Cc3ccc(Br)cc3)s2)c(C(C)(C)C)c1. The van der Waals surface area contributed by atoms with Crippen LogP contribution in [0.3, 0.4) is 0 Å². The van der Waals surface area contributed by atoms with Crippen molar-refractivity contribution in [2.24, 2.45) is 0 Å². The third kappa shape index (κ3) is 6.15. The fourth-order valence-electron chi connectivity index (χ4n) is 2.90. The van der Waals surface area contributed by atoms with Gasteiger partial charge in [0.25, 0.3) is 5.91 Å². The van der Waals surface area contributed by atoms with E-state index in [1.807, 2.05) is 24.3 Å². The molecule has 2 aromatic carbocycles. The van der Waals surface area contributed by atoms with Crippen LogP contribution in [0.5, 0.6) is 5.75 Å². The minimum Gasteiger partial charge on any atom is -0.483 e. The third-order valence-electron chi connectivity index (χ3n) is 4.39. The van der Waals surface area contributed by atoms with E-state index in [0.717, 1.165) is 27.1 Å². The van der Waals surface area contributed by atoms with Gasteiger partial charge in [-0.05, 0) is 41.7 Å². The minimum atomic E-state index is -0.213. The molecule has 6 heteroatoms. The Hall–Kier alpha value is -2.18. The molecule has 3 aromatic rings. The predicted molar refractivity (Wildman–Crippen MR) is 123 cm³/mol. The van der Waals surface area contributed by atoms with Gasteiger partial charge in [-0.3, -0.25) is 10.1 Å². The molecule has 0 atom stereocenters. The predicted octanol–water partition coefficient (Wildman–Crippen LogP) is 6.12. The summed E-state index contributed by atoms with van der Waals surface area (Å²) in [6.07, 6.45) is 2.59. The van der Waals surface area contributed by atoms with Crippen LogP contribution in [0, 0.1) is 6.92 Å². The van der Waals surface area contributed by atoms with Gasteiger partial charge in [-0.15, -0.1) is 11.3 Å². The van der Waals surface area contributed by atoms with Crippen molar-refractivity contribution in [2.75, 3.05) is 11.9 Å². The average Bonchev–Trinajstić information content (AvgIpc) is 3.08. The van der Waals surface area contributed by atoms with Crippen molar-refractivity contribution >= 4 is 38.3 Å². The number of carbonyl (C=O) groups is 1. The number of rotatable bonds is 6. The Balaban J connectivity index is 1.58. The van der Waals surface area contributed by atoms with Gasteiger partial charge in [0.1, 0.15) is 5.75 Å². The Bertz CT molecular complexity index is 991. The molecule has 0 fully saturated rings. The number of hydrogen-bond acceptors (Lipinski definition) is 4. The zero-order valence-corrected chi connectivity index (χ0v) is 19.5. The first-order chi connectivity index (χ1) is 13.7. The number of aryl methyl sites for hydroxylation is 1. The highest BCUT2D eigenvalue weighted by molar-refractivity contribution is 9.10. The summed E-state index contributed by atoms with van der Waals surface area (Å²) in [7, 11) is 0. The van der Waals surface area contributed by atoms with Gasteiger partial charge in [0, 0.05) is 22.0 Å². The van der Waals surface area contributed by atoms with Crippen LogP contribution in [0.25, 0.3) is 0 Å². The van der Waals surface area contributed by atoms with Crippen molar-refractivity contribution in [3.05, 3.63) is 74.7 Å². The number of amides is 1. The lowest BCUT2D eigenvalue weighted by Crippen LogP contribution is -2.22. The van der Waals surface area contributed by atoms with E-state index in [0.29, 0.717) is 5.13 Å². The van der Waals surface area contributed by atoms with Crippen molar-refractivity contribution in [3.63, 3.8) is 0 Å². The molecule has 0 aliphatic rings. The Kier molecular flexibility index (Phi) is 6.75. The van der Waals surface area contributed by atoms with E-state index in [9.17, 15) is 4.79 Å². The molecule has 0 aliphatic heterocycles. The number of ether oxygens (including phenoxy) is 1. The Labute approximate surface area is 184 Å². The molecule has 0 saturated carbocycles. The maximum absolute atomic E-state index is 12.3.